The van der Waals surface area contributed by atoms with E-state index in [9.17, 15) is 4.79 Å². The third-order valence-corrected chi connectivity index (χ3v) is 8.52. The van der Waals surface area contributed by atoms with Crippen LogP contribution in [-0.2, 0) is 9.53 Å². The maximum absolute atomic E-state index is 11.6. The fourth-order valence-electron chi connectivity index (χ4n) is 4.69. The van der Waals surface area contributed by atoms with Gasteiger partial charge in [-0.25, -0.2) is 0 Å². The van der Waals surface area contributed by atoms with Gasteiger partial charge in [-0.05, 0) is 68.6 Å². The first-order chi connectivity index (χ1) is 15.1. The van der Waals surface area contributed by atoms with Crippen molar-refractivity contribution >= 4 is 17.9 Å². The number of hydrogen-bond donors (Lipinski definition) is 1. The van der Waals surface area contributed by atoms with Gasteiger partial charge >= 0.3 is 0 Å². The zero-order valence-electron chi connectivity index (χ0n) is 21.5. The number of hydrogen-bond acceptors (Lipinski definition) is 3. The Morgan fingerprint density at radius 2 is 2.03 bits per heavy atom. The van der Waals surface area contributed by atoms with E-state index in [2.05, 4.69) is 59.5 Å². The Hall–Kier alpha value is -1.06. The maximum Gasteiger partial charge on any atom is 0.126 e. The van der Waals surface area contributed by atoms with E-state index in [-0.39, 0.29) is 16.2 Å². The van der Waals surface area contributed by atoms with Crippen molar-refractivity contribution in [2.75, 3.05) is 13.2 Å². The summed E-state index contributed by atoms with van der Waals surface area (Å²) in [5.41, 5.74) is 0.988. The van der Waals surface area contributed by atoms with Gasteiger partial charge in [0.2, 0.25) is 0 Å². The smallest absolute Gasteiger partial charge is 0.126 e. The first kappa shape index (κ1) is 29.0. The first-order valence-corrected chi connectivity index (χ1v) is 13.0. The summed E-state index contributed by atoms with van der Waals surface area (Å²) in [5.74, 6) is 0.903. The molecule has 4 heteroatoms. The largest absolute Gasteiger partial charge is 0.501 e. The molecular formula is C28H48ClNO2. The van der Waals surface area contributed by atoms with Crippen LogP contribution in [0.15, 0.2) is 36.6 Å². The predicted octanol–water partition coefficient (Wildman–Crippen LogP) is 7.46. The number of unbranched alkanes of at least 4 members (excludes halogenated alkanes) is 1. The average Bonchev–Trinajstić information content (AvgIpc) is 3.00. The number of halogens is 1. The first-order valence-electron chi connectivity index (χ1n) is 12.6. The Kier molecular flexibility index (Phi) is 12.9. The molecular weight excluding hydrogens is 418 g/mol. The number of carbonyl (C=O) groups is 1. The number of nitrogens with one attached hydrogen (secondary N) is 1. The second kappa shape index (κ2) is 14.3. The number of ether oxygens (including phenoxy) is 1. The van der Waals surface area contributed by atoms with Crippen molar-refractivity contribution in [1.29, 1.82) is 0 Å². The molecule has 1 N–H and O–H groups in total. The van der Waals surface area contributed by atoms with Crippen LogP contribution in [0.2, 0.25) is 0 Å². The van der Waals surface area contributed by atoms with Gasteiger partial charge in [-0.1, -0.05) is 66.2 Å². The van der Waals surface area contributed by atoms with Gasteiger partial charge in [-0.3, -0.25) is 0 Å². The summed E-state index contributed by atoms with van der Waals surface area (Å²) in [7, 11) is 0. The quantitative estimate of drug-likeness (QED) is 0.111. The Morgan fingerprint density at radius 3 is 2.59 bits per heavy atom. The molecule has 0 radical (unpaired) electrons. The number of allylic oxidation sites excluding steroid dienone is 3. The lowest BCUT2D eigenvalue weighted by molar-refractivity contribution is -0.120. The number of alkyl halides is 1. The lowest BCUT2D eigenvalue weighted by Crippen LogP contribution is -2.41. The molecule has 0 aromatic rings. The minimum Gasteiger partial charge on any atom is -0.501 e. The van der Waals surface area contributed by atoms with Gasteiger partial charge in [0, 0.05) is 22.8 Å². The van der Waals surface area contributed by atoms with Crippen molar-refractivity contribution in [1.82, 2.24) is 5.32 Å². The summed E-state index contributed by atoms with van der Waals surface area (Å²) in [5, 5.41) is 3.87. The SMILES string of the molecule is C=C/C(=C\C=C\OCC(CC)C(Cl)CCCC)C[C@@H](C)NC[C@H]1CC[C@@](C)(C=O)C1(C)C. The van der Waals surface area contributed by atoms with Crippen LogP contribution in [0.1, 0.15) is 86.5 Å². The van der Waals surface area contributed by atoms with Crippen LogP contribution in [-0.4, -0.2) is 30.9 Å². The fourth-order valence-corrected chi connectivity index (χ4v) is 5.10. The van der Waals surface area contributed by atoms with Gasteiger partial charge in [0.25, 0.3) is 0 Å². The Morgan fingerprint density at radius 1 is 1.31 bits per heavy atom. The zero-order chi connectivity index (χ0) is 24.2. The minimum absolute atomic E-state index is 0.0214. The second-order valence-electron chi connectivity index (χ2n) is 10.4. The van der Waals surface area contributed by atoms with Crippen LogP contribution in [0, 0.1) is 22.7 Å². The molecule has 0 aromatic carbocycles. The Balaban J connectivity index is 2.46. The van der Waals surface area contributed by atoms with Crippen LogP contribution in [0.4, 0.5) is 0 Å². The van der Waals surface area contributed by atoms with Crippen LogP contribution in [0.3, 0.4) is 0 Å². The molecule has 0 saturated heterocycles. The molecule has 1 rings (SSSR count). The summed E-state index contributed by atoms with van der Waals surface area (Å²) < 4.78 is 5.77. The second-order valence-corrected chi connectivity index (χ2v) is 11.0. The third kappa shape index (κ3) is 8.37. The van der Waals surface area contributed by atoms with E-state index in [1.807, 2.05) is 12.2 Å². The fraction of sp³-hybridized carbons (Fsp3) is 0.750. The summed E-state index contributed by atoms with van der Waals surface area (Å²) in [6, 6.07) is 0.340. The van der Waals surface area contributed by atoms with Gasteiger partial charge in [0.05, 0.1) is 12.9 Å². The monoisotopic (exact) mass is 465 g/mol. The predicted molar refractivity (Wildman–Crippen MR) is 139 cm³/mol. The lowest BCUT2D eigenvalue weighted by Gasteiger charge is -2.38. The van der Waals surface area contributed by atoms with E-state index >= 15 is 0 Å². The highest BCUT2D eigenvalue weighted by molar-refractivity contribution is 6.20. The van der Waals surface area contributed by atoms with Crippen LogP contribution in [0.25, 0.3) is 0 Å². The molecule has 0 heterocycles. The highest BCUT2D eigenvalue weighted by atomic mass is 35.5. The molecule has 32 heavy (non-hydrogen) atoms. The molecule has 1 fully saturated rings. The summed E-state index contributed by atoms with van der Waals surface area (Å²) in [6.45, 7) is 18.7. The molecule has 1 aliphatic carbocycles. The standard InChI is InChI=1S/C28H48ClNO2/c1-8-11-14-26(29)24(10-3)20-32-17-12-13-23(9-2)18-22(4)30-19-25-15-16-28(7,21-31)27(25,5)6/h9,12-13,17,21-22,24-26,30H,2,8,10-11,14-16,18-20H2,1,3-7H3/b17-12+,23-13+/t22-,24?,25-,26?,28+/m1/s1. The van der Waals surface area contributed by atoms with Gasteiger partial charge in [0.15, 0.2) is 0 Å². The summed E-state index contributed by atoms with van der Waals surface area (Å²) >= 11 is 6.53. The van der Waals surface area contributed by atoms with E-state index in [0.29, 0.717) is 24.5 Å². The molecule has 1 aliphatic rings. The molecule has 5 atom stereocenters. The molecule has 2 unspecified atom stereocenters. The molecule has 184 valence electrons. The van der Waals surface area contributed by atoms with Crippen molar-refractivity contribution < 1.29 is 9.53 Å². The van der Waals surface area contributed by atoms with E-state index < -0.39 is 0 Å². The van der Waals surface area contributed by atoms with Gasteiger partial charge in [-0.15, -0.1) is 11.6 Å². The molecule has 0 aromatic heterocycles. The van der Waals surface area contributed by atoms with Crippen molar-refractivity contribution in [3.63, 3.8) is 0 Å². The highest BCUT2D eigenvalue weighted by Crippen LogP contribution is 2.54. The van der Waals surface area contributed by atoms with E-state index in [1.165, 1.54) is 24.7 Å². The highest BCUT2D eigenvalue weighted by Gasteiger charge is 2.51. The van der Waals surface area contributed by atoms with Gasteiger partial charge in [0.1, 0.15) is 6.29 Å². The molecule has 3 nitrogen and oxygen atoms in total. The van der Waals surface area contributed by atoms with Crippen LogP contribution in [0.5, 0.6) is 0 Å². The van der Waals surface area contributed by atoms with Gasteiger partial charge < -0.3 is 14.8 Å². The number of carbonyl (C=O) groups excluding carboxylic acids is 1. The molecule has 0 amide bonds. The van der Waals surface area contributed by atoms with Crippen molar-refractivity contribution in [3.05, 3.63) is 36.6 Å². The zero-order valence-corrected chi connectivity index (χ0v) is 22.2. The van der Waals surface area contributed by atoms with E-state index in [4.69, 9.17) is 16.3 Å². The third-order valence-electron chi connectivity index (χ3n) is 7.95. The lowest BCUT2D eigenvalue weighted by atomic mass is 9.66. The van der Waals surface area contributed by atoms with Crippen molar-refractivity contribution in [3.8, 4) is 0 Å². The van der Waals surface area contributed by atoms with Crippen molar-refractivity contribution in [2.45, 2.75) is 97.9 Å². The minimum atomic E-state index is -0.212. The van der Waals surface area contributed by atoms with Gasteiger partial charge in [-0.2, -0.15) is 0 Å². The number of rotatable bonds is 16. The van der Waals surface area contributed by atoms with E-state index in [0.717, 1.165) is 38.6 Å². The molecule has 0 spiro atoms. The Bertz CT molecular complexity index is 627. The average molecular weight is 466 g/mol. The number of aldehydes is 1. The molecule has 1 saturated carbocycles. The van der Waals surface area contributed by atoms with Crippen LogP contribution < -0.4 is 5.32 Å². The maximum atomic E-state index is 11.6. The van der Waals surface area contributed by atoms with Crippen molar-refractivity contribution in [2.24, 2.45) is 22.7 Å². The Labute approximate surface area is 203 Å². The topological polar surface area (TPSA) is 38.3 Å². The molecule has 0 aliphatic heterocycles. The van der Waals surface area contributed by atoms with E-state index in [1.54, 1.807) is 6.26 Å². The van der Waals surface area contributed by atoms with Crippen LogP contribution >= 0.6 is 11.6 Å². The summed E-state index contributed by atoms with van der Waals surface area (Å²) in [6.07, 6.45) is 16.3. The summed E-state index contributed by atoms with van der Waals surface area (Å²) in [4.78, 5) is 11.6. The normalized spacial score (nSPS) is 26.1. The molecule has 0 bridgehead atoms.